The van der Waals surface area contributed by atoms with E-state index in [2.05, 4.69) is 34.4 Å². The van der Waals surface area contributed by atoms with E-state index in [1.165, 1.54) is 18.4 Å². The lowest BCUT2D eigenvalue weighted by atomic mass is 9.90. The van der Waals surface area contributed by atoms with Gasteiger partial charge in [-0.3, -0.25) is 4.79 Å². The fraction of sp³-hybridized carbons (Fsp3) is 0.667. The van der Waals surface area contributed by atoms with E-state index in [1.54, 1.807) is 18.3 Å². The van der Waals surface area contributed by atoms with Crippen LogP contribution >= 0.6 is 11.3 Å². The number of amides is 1. The van der Waals surface area contributed by atoms with E-state index in [-0.39, 0.29) is 5.91 Å². The largest absolute Gasteiger partial charge is 0.354 e. The Morgan fingerprint density at radius 1 is 1.37 bits per heavy atom. The molecule has 1 aliphatic rings. The molecule has 1 unspecified atom stereocenters. The van der Waals surface area contributed by atoms with E-state index in [4.69, 9.17) is 0 Å². The Bertz CT molecular complexity index is 383. The lowest BCUT2D eigenvalue weighted by Crippen LogP contribution is -2.42. The second-order valence-corrected chi connectivity index (χ2v) is 6.40. The number of rotatable bonds is 5. The standard InChI is InChI=1S/C15H24N2OS/c1-11(13-7-8-19-10-13)9-16-14-3-5-15(6-4-14)17-12(2)18/h7-8,10-11,14-16H,3-6,9H2,1-2H3,(H,17,18). The van der Waals surface area contributed by atoms with Gasteiger partial charge >= 0.3 is 0 Å². The van der Waals surface area contributed by atoms with Crippen molar-refractivity contribution in [1.82, 2.24) is 10.6 Å². The van der Waals surface area contributed by atoms with Gasteiger partial charge in [-0.15, -0.1) is 0 Å². The first-order chi connectivity index (χ1) is 9.15. The number of hydrogen-bond donors (Lipinski definition) is 2. The van der Waals surface area contributed by atoms with Crippen molar-refractivity contribution in [2.24, 2.45) is 0 Å². The van der Waals surface area contributed by atoms with E-state index >= 15 is 0 Å². The zero-order valence-corrected chi connectivity index (χ0v) is 12.6. The van der Waals surface area contributed by atoms with E-state index in [9.17, 15) is 4.79 Å². The minimum atomic E-state index is 0.0995. The maximum Gasteiger partial charge on any atom is 0.217 e. The van der Waals surface area contributed by atoms with Crippen molar-refractivity contribution in [3.8, 4) is 0 Å². The molecule has 1 amide bonds. The van der Waals surface area contributed by atoms with Gasteiger partial charge in [-0.25, -0.2) is 0 Å². The summed E-state index contributed by atoms with van der Waals surface area (Å²) in [6.07, 6.45) is 4.54. The molecule has 0 bridgehead atoms. The molecule has 1 aromatic heterocycles. The molecule has 1 aromatic rings. The maximum atomic E-state index is 11.0. The highest BCUT2D eigenvalue weighted by molar-refractivity contribution is 7.07. The lowest BCUT2D eigenvalue weighted by molar-refractivity contribution is -0.119. The lowest BCUT2D eigenvalue weighted by Gasteiger charge is -2.30. The summed E-state index contributed by atoms with van der Waals surface area (Å²) in [6.45, 7) is 4.93. The Morgan fingerprint density at radius 2 is 2.05 bits per heavy atom. The Morgan fingerprint density at radius 3 is 2.63 bits per heavy atom. The summed E-state index contributed by atoms with van der Waals surface area (Å²) in [7, 11) is 0. The van der Waals surface area contributed by atoms with Crippen LogP contribution < -0.4 is 10.6 Å². The first-order valence-corrected chi connectivity index (χ1v) is 8.12. The fourth-order valence-electron chi connectivity index (χ4n) is 2.75. The second kappa shape index (κ2) is 7.06. The van der Waals surface area contributed by atoms with Crippen molar-refractivity contribution in [1.29, 1.82) is 0 Å². The van der Waals surface area contributed by atoms with Crippen molar-refractivity contribution >= 4 is 17.2 Å². The summed E-state index contributed by atoms with van der Waals surface area (Å²) < 4.78 is 0. The Hall–Kier alpha value is -0.870. The molecule has 1 fully saturated rings. The van der Waals surface area contributed by atoms with Gasteiger partial charge in [-0.2, -0.15) is 11.3 Å². The molecule has 106 valence electrons. The molecular weight excluding hydrogens is 256 g/mol. The molecule has 0 saturated heterocycles. The van der Waals surface area contributed by atoms with Gasteiger partial charge in [-0.05, 0) is 54.0 Å². The van der Waals surface area contributed by atoms with E-state index in [0.29, 0.717) is 18.0 Å². The third-order valence-corrected chi connectivity index (χ3v) is 4.66. The molecule has 2 rings (SSSR count). The molecule has 1 aliphatic carbocycles. The predicted molar refractivity (Wildman–Crippen MR) is 80.6 cm³/mol. The van der Waals surface area contributed by atoms with Crippen LogP contribution in [-0.2, 0) is 4.79 Å². The predicted octanol–water partition coefficient (Wildman–Crippen LogP) is 2.89. The van der Waals surface area contributed by atoms with Gasteiger partial charge in [0.1, 0.15) is 0 Å². The first kappa shape index (κ1) is 14.5. The molecule has 1 atom stereocenters. The highest BCUT2D eigenvalue weighted by atomic mass is 32.1. The molecule has 19 heavy (non-hydrogen) atoms. The Balaban J connectivity index is 1.67. The van der Waals surface area contributed by atoms with Gasteiger partial charge in [0.25, 0.3) is 0 Å². The van der Waals surface area contributed by atoms with Crippen molar-refractivity contribution in [2.45, 2.75) is 57.5 Å². The van der Waals surface area contributed by atoms with Gasteiger partial charge in [0.15, 0.2) is 0 Å². The van der Waals surface area contributed by atoms with Crippen LogP contribution in [-0.4, -0.2) is 24.5 Å². The summed E-state index contributed by atoms with van der Waals surface area (Å²) in [4.78, 5) is 11.0. The third-order valence-electron chi connectivity index (χ3n) is 3.96. The topological polar surface area (TPSA) is 41.1 Å². The minimum absolute atomic E-state index is 0.0995. The van der Waals surface area contributed by atoms with Crippen LogP contribution in [0.5, 0.6) is 0 Å². The molecule has 3 nitrogen and oxygen atoms in total. The summed E-state index contributed by atoms with van der Waals surface area (Å²) in [5, 5.41) is 11.1. The summed E-state index contributed by atoms with van der Waals surface area (Å²) in [6, 6.07) is 3.22. The quantitative estimate of drug-likeness (QED) is 0.871. The molecular formula is C15H24N2OS. The van der Waals surface area contributed by atoms with Crippen LogP contribution in [0.1, 0.15) is 51.0 Å². The number of nitrogens with one attached hydrogen (secondary N) is 2. The summed E-state index contributed by atoms with van der Waals surface area (Å²) in [5.74, 6) is 0.682. The first-order valence-electron chi connectivity index (χ1n) is 7.17. The van der Waals surface area contributed by atoms with Crippen molar-refractivity contribution < 1.29 is 4.79 Å². The highest BCUT2D eigenvalue weighted by Gasteiger charge is 2.21. The van der Waals surface area contributed by atoms with Crippen molar-refractivity contribution in [2.75, 3.05) is 6.54 Å². The number of carbonyl (C=O) groups is 1. The average Bonchev–Trinajstić information content (AvgIpc) is 2.91. The van der Waals surface area contributed by atoms with Crippen LogP contribution in [0.3, 0.4) is 0 Å². The smallest absolute Gasteiger partial charge is 0.217 e. The normalized spacial score (nSPS) is 24.9. The summed E-state index contributed by atoms with van der Waals surface area (Å²) >= 11 is 1.77. The molecule has 0 aliphatic heterocycles. The minimum Gasteiger partial charge on any atom is -0.354 e. The molecule has 2 N–H and O–H groups in total. The molecule has 0 aromatic carbocycles. The van der Waals surface area contributed by atoms with Gasteiger partial charge in [0.05, 0.1) is 0 Å². The zero-order chi connectivity index (χ0) is 13.7. The molecule has 0 spiro atoms. The van der Waals surface area contributed by atoms with Crippen LogP contribution in [0, 0.1) is 0 Å². The highest BCUT2D eigenvalue weighted by Crippen LogP contribution is 2.21. The van der Waals surface area contributed by atoms with Crippen LogP contribution in [0.2, 0.25) is 0 Å². The number of thiophene rings is 1. The fourth-order valence-corrected chi connectivity index (χ4v) is 3.53. The monoisotopic (exact) mass is 280 g/mol. The van der Waals surface area contributed by atoms with E-state index in [1.807, 2.05) is 0 Å². The van der Waals surface area contributed by atoms with Crippen LogP contribution in [0.15, 0.2) is 16.8 Å². The summed E-state index contributed by atoms with van der Waals surface area (Å²) in [5.41, 5.74) is 1.43. The average molecular weight is 280 g/mol. The number of carbonyl (C=O) groups excluding carboxylic acids is 1. The van der Waals surface area contributed by atoms with Gasteiger partial charge < -0.3 is 10.6 Å². The molecule has 4 heteroatoms. The zero-order valence-electron chi connectivity index (χ0n) is 11.8. The van der Waals surface area contributed by atoms with Crippen molar-refractivity contribution in [3.05, 3.63) is 22.4 Å². The SMILES string of the molecule is CC(=O)NC1CCC(NCC(C)c2ccsc2)CC1. The van der Waals surface area contributed by atoms with Crippen molar-refractivity contribution in [3.63, 3.8) is 0 Å². The van der Waals surface area contributed by atoms with Gasteiger partial charge in [0, 0.05) is 25.6 Å². The Kier molecular flexibility index (Phi) is 5.40. The van der Waals surface area contributed by atoms with E-state index in [0.717, 1.165) is 19.4 Å². The third kappa shape index (κ3) is 4.62. The number of hydrogen-bond acceptors (Lipinski definition) is 3. The molecule has 1 heterocycles. The van der Waals surface area contributed by atoms with Gasteiger partial charge in [-0.1, -0.05) is 6.92 Å². The molecule has 0 radical (unpaired) electrons. The molecule has 1 saturated carbocycles. The Labute approximate surface area is 119 Å². The van der Waals surface area contributed by atoms with Gasteiger partial charge in [0.2, 0.25) is 5.91 Å². The second-order valence-electron chi connectivity index (χ2n) is 5.62. The van der Waals surface area contributed by atoms with E-state index < -0.39 is 0 Å². The van der Waals surface area contributed by atoms with Crippen LogP contribution in [0.4, 0.5) is 0 Å². The maximum absolute atomic E-state index is 11.0. The van der Waals surface area contributed by atoms with Crippen LogP contribution in [0.25, 0.3) is 0 Å².